The van der Waals surface area contributed by atoms with Crippen LogP contribution < -0.4 is 15.6 Å². The predicted octanol–water partition coefficient (Wildman–Crippen LogP) is 10.4. The van der Waals surface area contributed by atoms with Gasteiger partial charge in [0, 0.05) is 13.1 Å². The highest BCUT2D eigenvalue weighted by Gasteiger charge is 2.21. The van der Waals surface area contributed by atoms with E-state index in [-0.39, 0.29) is 22.9 Å². The third kappa shape index (κ3) is 15.2. The first kappa shape index (κ1) is 41.5. The van der Waals surface area contributed by atoms with Crippen molar-refractivity contribution in [1.82, 2.24) is 9.13 Å². The Morgan fingerprint density at radius 2 is 0.776 bits per heavy atom. The average Bonchev–Trinajstić information content (AvgIpc) is 3.10. The van der Waals surface area contributed by atoms with Crippen LogP contribution in [0.2, 0.25) is 0 Å². The van der Waals surface area contributed by atoms with Crippen LogP contribution in [0.1, 0.15) is 179 Å². The molecule has 2 N–H and O–H groups in total. The quantitative estimate of drug-likeness (QED) is 0.0853. The van der Waals surface area contributed by atoms with Crippen molar-refractivity contribution in [2.24, 2.45) is 0 Å². The third-order valence-corrected chi connectivity index (χ3v) is 9.38. The molecule has 2 rings (SSSR count). The number of aromatic nitrogens is 2. The van der Waals surface area contributed by atoms with Gasteiger partial charge in [0.1, 0.15) is 12.1 Å². The normalized spacial score (nSPS) is 11.0. The van der Waals surface area contributed by atoms with Crippen molar-refractivity contribution in [3.8, 4) is 35.1 Å². The first-order valence-electron chi connectivity index (χ1n) is 19.3. The molecule has 49 heavy (non-hydrogen) atoms. The summed E-state index contributed by atoms with van der Waals surface area (Å²) in [5.74, 6) is -2.13. The number of aryl methyl sites for hydroxylation is 2. The van der Waals surface area contributed by atoms with Crippen LogP contribution in [0.25, 0.3) is 0 Å². The minimum Gasteiger partial charge on any atom is -0.502 e. The van der Waals surface area contributed by atoms with E-state index >= 15 is 0 Å². The zero-order valence-electron chi connectivity index (χ0n) is 30.4. The van der Waals surface area contributed by atoms with Crippen LogP contribution in [0.3, 0.4) is 0 Å². The lowest BCUT2D eigenvalue weighted by molar-refractivity contribution is 0.409. The number of hydrogen-bond donors (Lipinski definition) is 2. The second-order valence-electron chi connectivity index (χ2n) is 13.5. The van der Waals surface area contributed by atoms with Gasteiger partial charge in [0.2, 0.25) is 11.5 Å². The monoisotopic (exact) mass is 678 g/mol. The molecule has 0 radical (unpaired) electrons. The molecule has 0 atom stereocenters. The lowest BCUT2D eigenvalue weighted by Gasteiger charge is -2.15. The van der Waals surface area contributed by atoms with Crippen molar-refractivity contribution in [2.45, 2.75) is 181 Å². The molecule has 2 aromatic heterocycles. The summed E-state index contributed by atoms with van der Waals surface area (Å²) in [4.78, 5) is 25.8. The van der Waals surface area contributed by atoms with Gasteiger partial charge in [-0.1, -0.05) is 155 Å². The molecule has 0 saturated carbocycles. The number of unbranched alkanes of at least 4 members (excludes halogenated alkanes) is 22. The Hall–Kier alpha value is -3.72. The Morgan fingerprint density at radius 3 is 1.04 bits per heavy atom. The summed E-state index contributed by atoms with van der Waals surface area (Å²) in [5.41, 5.74) is -2.16. The Bertz CT molecular complexity index is 1330. The molecule has 0 amide bonds. The van der Waals surface area contributed by atoms with Crippen LogP contribution in [0.5, 0.6) is 23.0 Å². The fraction of sp³-hybridized carbons (Fsp3) is 0.700. The van der Waals surface area contributed by atoms with Gasteiger partial charge in [0.25, 0.3) is 10.9 Å². The number of pyridine rings is 2. The maximum Gasteiger partial charge on any atom is 0.266 e. The van der Waals surface area contributed by atoms with Crippen molar-refractivity contribution in [3.63, 3.8) is 0 Å². The third-order valence-electron chi connectivity index (χ3n) is 9.38. The smallest absolute Gasteiger partial charge is 0.266 e. The number of hydrogen-bond acceptors (Lipinski definition) is 7. The molecule has 9 nitrogen and oxygen atoms in total. The van der Waals surface area contributed by atoms with Crippen molar-refractivity contribution < 1.29 is 14.9 Å². The van der Waals surface area contributed by atoms with Gasteiger partial charge in [0.05, 0.1) is 12.4 Å². The summed E-state index contributed by atoms with van der Waals surface area (Å²) in [5, 5.41) is 40.4. The van der Waals surface area contributed by atoms with E-state index in [1.807, 2.05) is 12.1 Å². The van der Waals surface area contributed by atoms with Gasteiger partial charge >= 0.3 is 0 Å². The van der Waals surface area contributed by atoms with Crippen LogP contribution in [0.15, 0.2) is 22.0 Å². The molecule has 272 valence electrons. The zero-order chi connectivity index (χ0) is 35.7. The molecule has 0 aromatic carbocycles. The van der Waals surface area contributed by atoms with Gasteiger partial charge in [-0.05, 0) is 12.8 Å². The van der Waals surface area contributed by atoms with Crippen LogP contribution in [-0.4, -0.2) is 19.3 Å². The van der Waals surface area contributed by atoms with Gasteiger partial charge in [-0.3, -0.25) is 9.59 Å². The minimum atomic E-state index is -0.918. The second kappa shape index (κ2) is 25.3. The topological polar surface area (TPSA) is 141 Å². The molecule has 0 spiro atoms. The van der Waals surface area contributed by atoms with E-state index in [1.54, 1.807) is 0 Å². The molecule has 0 aliphatic carbocycles. The predicted molar refractivity (Wildman–Crippen MR) is 196 cm³/mol. The van der Waals surface area contributed by atoms with Crippen LogP contribution in [0, 0.1) is 22.7 Å². The van der Waals surface area contributed by atoms with E-state index in [9.17, 15) is 30.3 Å². The molecule has 0 bridgehead atoms. The van der Waals surface area contributed by atoms with E-state index in [2.05, 4.69) is 13.8 Å². The summed E-state index contributed by atoms with van der Waals surface area (Å²) in [6.07, 6.45) is 31.1. The number of nitrogens with zero attached hydrogens (tertiary/aromatic N) is 4. The second-order valence-corrected chi connectivity index (χ2v) is 13.5. The summed E-state index contributed by atoms with van der Waals surface area (Å²) < 4.78 is 8.67. The lowest BCUT2D eigenvalue weighted by Crippen LogP contribution is -2.18. The molecule has 9 heteroatoms. The van der Waals surface area contributed by atoms with E-state index in [1.165, 1.54) is 124 Å². The highest BCUT2D eigenvalue weighted by atomic mass is 16.5. The van der Waals surface area contributed by atoms with Crippen LogP contribution in [-0.2, 0) is 13.1 Å². The Balaban J connectivity index is 1.94. The summed E-state index contributed by atoms with van der Waals surface area (Å²) >= 11 is 0. The van der Waals surface area contributed by atoms with Gasteiger partial charge in [-0.15, -0.1) is 0 Å². The first-order chi connectivity index (χ1) is 23.9. The Kier molecular flexibility index (Phi) is 21.4. The van der Waals surface area contributed by atoms with E-state index in [0.717, 1.165) is 51.4 Å². The zero-order valence-corrected chi connectivity index (χ0v) is 30.4. The highest BCUT2D eigenvalue weighted by Crippen LogP contribution is 2.25. The Morgan fingerprint density at radius 1 is 0.510 bits per heavy atom. The number of nitriles is 2. The molecule has 0 saturated heterocycles. The van der Waals surface area contributed by atoms with Crippen LogP contribution in [0.4, 0.5) is 0 Å². The molecule has 2 aromatic rings. The van der Waals surface area contributed by atoms with Crippen molar-refractivity contribution >= 4 is 0 Å². The van der Waals surface area contributed by atoms with Crippen LogP contribution >= 0.6 is 0 Å². The van der Waals surface area contributed by atoms with Crippen molar-refractivity contribution in [3.05, 3.63) is 44.2 Å². The number of aromatic hydroxyl groups is 2. The summed E-state index contributed by atoms with van der Waals surface area (Å²) in [6, 6.07) is 3.81. The van der Waals surface area contributed by atoms with E-state index < -0.39 is 22.4 Å². The molecule has 0 unspecified atom stereocenters. The lowest BCUT2D eigenvalue weighted by atomic mass is 10.1. The van der Waals surface area contributed by atoms with Gasteiger partial charge in [0.15, 0.2) is 22.9 Å². The maximum absolute atomic E-state index is 12.9. The number of ether oxygens (including phenoxy) is 1. The van der Waals surface area contributed by atoms with Gasteiger partial charge in [-0.2, -0.15) is 10.5 Å². The van der Waals surface area contributed by atoms with E-state index in [4.69, 9.17) is 4.74 Å². The largest absolute Gasteiger partial charge is 0.502 e. The molecule has 0 aliphatic rings. The van der Waals surface area contributed by atoms with Crippen molar-refractivity contribution in [1.29, 1.82) is 10.5 Å². The average molecular weight is 679 g/mol. The van der Waals surface area contributed by atoms with Gasteiger partial charge < -0.3 is 24.1 Å². The fourth-order valence-corrected chi connectivity index (χ4v) is 6.35. The fourth-order valence-electron chi connectivity index (χ4n) is 6.35. The molecule has 0 aliphatic heterocycles. The summed E-state index contributed by atoms with van der Waals surface area (Å²) in [7, 11) is 0. The maximum atomic E-state index is 12.9. The van der Waals surface area contributed by atoms with Gasteiger partial charge in [-0.25, -0.2) is 0 Å². The Labute approximate surface area is 294 Å². The highest BCUT2D eigenvalue weighted by molar-refractivity contribution is 5.46. The molecule has 2 heterocycles. The van der Waals surface area contributed by atoms with Crippen molar-refractivity contribution in [2.75, 3.05) is 0 Å². The minimum absolute atomic E-state index is 0.160. The van der Waals surface area contributed by atoms with E-state index in [0.29, 0.717) is 13.1 Å². The first-order valence-corrected chi connectivity index (χ1v) is 19.3. The standard InChI is InChI=1S/C40H62N4O5/c1-3-5-7-9-11-13-15-17-19-21-23-25-27-43-31-35(39(47)37(45)33(43)29-41)49-36-32-44(34(30-42)38(46)40(36)48)28-26-24-22-20-18-16-14-12-10-8-6-4-2/h31-32,45-46H,3-28H2,1-2H3. The molecular formula is C40H62N4O5. The summed E-state index contributed by atoms with van der Waals surface area (Å²) in [6.45, 7) is 5.25. The SMILES string of the molecule is CCCCCCCCCCCCCCn1cc(Oc2cn(CCCCCCCCCCCCCC)c(C#N)c(O)c2=O)c(=O)c(O)c1C#N. The number of rotatable bonds is 28. The molecule has 0 fully saturated rings. The molecular weight excluding hydrogens is 616 g/mol.